The fraction of sp³-hybridized carbons (Fsp3) is 0.111. The van der Waals surface area contributed by atoms with Gasteiger partial charge in [0, 0.05) is 18.1 Å². The molecule has 74 valence electrons. The van der Waals surface area contributed by atoms with Gasteiger partial charge in [0.05, 0.1) is 5.52 Å². The second-order valence-corrected chi connectivity index (χ2v) is 3.30. The number of halogens is 3. The molecule has 5 heteroatoms. The molecule has 1 aromatic heterocycles. The summed E-state index contributed by atoms with van der Waals surface area (Å²) in [5.74, 6) is -1.54. The van der Waals surface area contributed by atoms with Gasteiger partial charge < -0.3 is 10.7 Å². The number of rotatable bonds is 1. The lowest BCUT2D eigenvalue weighted by atomic mass is 10.1. The summed E-state index contributed by atoms with van der Waals surface area (Å²) < 4.78 is 26.5. The summed E-state index contributed by atoms with van der Waals surface area (Å²) >= 11 is 5.44. The predicted octanol–water partition coefficient (Wildman–Crippen LogP) is 2.56. The minimum atomic E-state index is -0.776. The van der Waals surface area contributed by atoms with Gasteiger partial charge in [-0.15, -0.1) is 0 Å². The van der Waals surface area contributed by atoms with Crippen molar-refractivity contribution in [3.8, 4) is 0 Å². The van der Waals surface area contributed by atoms with E-state index in [0.29, 0.717) is 11.1 Å². The van der Waals surface area contributed by atoms with Crippen LogP contribution in [-0.4, -0.2) is 4.98 Å². The molecule has 0 aliphatic carbocycles. The summed E-state index contributed by atoms with van der Waals surface area (Å²) in [5, 5.41) is -0.231. The molecule has 2 nitrogen and oxygen atoms in total. The third kappa shape index (κ3) is 1.19. The smallest absolute Gasteiger partial charge is 0.154 e. The highest BCUT2D eigenvalue weighted by Gasteiger charge is 2.15. The molecule has 14 heavy (non-hydrogen) atoms. The molecule has 2 aromatic rings. The van der Waals surface area contributed by atoms with E-state index in [4.69, 9.17) is 17.3 Å². The minimum Gasteiger partial charge on any atom is -0.361 e. The van der Waals surface area contributed by atoms with Crippen LogP contribution in [0, 0.1) is 11.6 Å². The Kier molecular flexibility index (Phi) is 2.17. The Hall–Kier alpha value is -1.13. The van der Waals surface area contributed by atoms with Gasteiger partial charge in [-0.25, -0.2) is 8.78 Å². The van der Waals surface area contributed by atoms with Crippen LogP contribution in [0.15, 0.2) is 12.3 Å². The van der Waals surface area contributed by atoms with E-state index in [1.807, 2.05) is 0 Å². The highest BCUT2D eigenvalue weighted by atomic mass is 35.5. The summed E-state index contributed by atoms with van der Waals surface area (Å²) in [7, 11) is 0. The zero-order valence-electron chi connectivity index (χ0n) is 7.07. The molecule has 0 bridgehead atoms. The van der Waals surface area contributed by atoms with E-state index in [2.05, 4.69) is 4.98 Å². The number of benzene rings is 1. The lowest BCUT2D eigenvalue weighted by Gasteiger charge is -2.00. The quantitative estimate of drug-likeness (QED) is 0.707. The van der Waals surface area contributed by atoms with E-state index < -0.39 is 16.7 Å². The molecule has 0 atom stereocenters. The molecule has 3 N–H and O–H groups in total. The van der Waals surface area contributed by atoms with Crippen LogP contribution in [0.5, 0.6) is 0 Å². The van der Waals surface area contributed by atoms with Crippen LogP contribution in [0.4, 0.5) is 8.78 Å². The van der Waals surface area contributed by atoms with E-state index in [-0.39, 0.29) is 11.9 Å². The summed E-state index contributed by atoms with van der Waals surface area (Å²) in [6, 6.07) is 1.15. The molecule has 0 fully saturated rings. The van der Waals surface area contributed by atoms with Crippen molar-refractivity contribution in [2.24, 2.45) is 5.73 Å². The van der Waals surface area contributed by atoms with Gasteiger partial charge in [-0.2, -0.15) is 0 Å². The Labute approximate surface area is 83.7 Å². The molecule has 1 aromatic carbocycles. The summed E-state index contributed by atoms with van der Waals surface area (Å²) in [5.41, 5.74) is 6.34. The second-order valence-electron chi connectivity index (χ2n) is 2.93. The average molecular weight is 217 g/mol. The van der Waals surface area contributed by atoms with Crippen molar-refractivity contribution in [1.29, 1.82) is 0 Å². The summed E-state index contributed by atoms with van der Waals surface area (Å²) in [6.45, 7) is 0.179. The zero-order chi connectivity index (χ0) is 10.3. The van der Waals surface area contributed by atoms with Crippen molar-refractivity contribution in [3.05, 3.63) is 34.5 Å². The molecule has 0 saturated heterocycles. The van der Waals surface area contributed by atoms with Crippen LogP contribution in [0.3, 0.4) is 0 Å². The van der Waals surface area contributed by atoms with Gasteiger partial charge >= 0.3 is 0 Å². The molecule has 1 heterocycles. The second kappa shape index (κ2) is 3.22. The molecule has 2 rings (SSSR count). The Morgan fingerprint density at radius 3 is 2.79 bits per heavy atom. The van der Waals surface area contributed by atoms with Crippen LogP contribution in [-0.2, 0) is 6.54 Å². The number of H-pyrrole nitrogens is 1. The van der Waals surface area contributed by atoms with Crippen molar-refractivity contribution < 1.29 is 8.78 Å². The van der Waals surface area contributed by atoms with Gasteiger partial charge in [-0.05, 0) is 11.6 Å². The predicted molar refractivity (Wildman–Crippen MR) is 51.1 cm³/mol. The highest BCUT2D eigenvalue weighted by molar-refractivity contribution is 6.31. The summed E-state index contributed by atoms with van der Waals surface area (Å²) in [6.07, 6.45) is 1.55. The zero-order valence-corrected chi connectivity index (χ0v) is 7.83. The lowest BCUT2D eigenvalue weighted by molar-refractivity contribution is 0.592. The third-order valence-electron chi connectivity index (χ3n) is 2.11. The largest absolute Gasteiger partial charge is 0.361 e. The van der Waals surface area contributed by atoms with E-state index in [9.17, 15) is 8.78 Å². The first-order valence-corrected chi connectivity index (χ1v) is 4.36. The maximum atomic E-state index is 13.5. The topological polar surface area (TPSA) is 41.8 Å². The molecule has 0 amide bonds. The van der Waals surface area contributed by atoms with Gasteiger partial charge in [-0.1, -0.05) is 11.6 Å². The number of nitrogens with two attached hydrogens (primary N) is 1. The summed E-state index contributed by atoms with van der Waals surface area (Å²) in [4.78, 5) is 2.73. The maximum absolute atomic E-state index is 13.5. The first kappa shape index (κ1) is 9.43. The Morgan fingerprint density at radius 1 is 1.43 bits per heavy atom. The fourth-order valence-electron chi connectivity index (χ4n) is 1.42. The molecule has 0 aliphatic heterocycles. The van der Waals surface area contributed by atoms with Crippen molar-refractivity contribution in [1.82, 2.24) is 4.98 Å². The van der Waals surface area contributed by atoms with Gasteiger partial charge in [0.2, 0.25) is 0 Å². The number of aromatic amines is 1. The van der Waals surface area contributed by atoms with Crippen LogP contribution >= 0.6 is 11.6 Å². The number of aromatic nitrogens is 1. The van der Waals surface area contributed by atoms with Crippen molar-refractivity contribution >= 4 is 22.5 Å². The van der Waals surface area contributed by atoms with E-state index in [0.717, 1.165) is 6.07 Å². The van der Waals surface area contributed by atoms with Crippen molar-refractivity contribution in [3.63, 3.8) is 0 Å². The third-order valence-corrected chi connectivity index (χ3v) is 2.45. The molecular weight excluding hydrogens is 210 g/mol. The normalized spacial score (nSPS) is 11.1. The number of hydrogen-bond donors (Lipinski definition) is 2. The van der Waals surface area contributed by atoms with Crippen molar-refractivity contribution in [2.75, 3.05) is 0 Å². The first-order chi connectivity index (χ1) is 6.65. The van der Waals surface area contributed by atoms with Crippen LogP contribution < -0.4 is 5.73 Å². The standard InChI is InChI=1S/C9H7ClF2N2/c10-8-5(11)1-6-7(9(8)12)4(2-13)3-14-6/h1,3,14H,2,13H2. The van der Waals surface area contributed by atoms with Crippen LogP contribution in [0.2, 0.25) is 5.02 Å². The molecule has 0 aliphatic rings. The average Bonchev–Trinajstić information content (AvgIpc) is 2.57. The first-order valence-electron chi connectivity index (χ1n) is 3.98. The fourth-order valence-corrected chi connectivity index (χ4v) is 1.57. The monoisotopic (exact) mass is 216 g/mol. The van der Waals surface area contributed by atoms with Crippen LogP contribution in [0.1, 0.15) is 5.56 Å². The molecule has 0 saturated carbocycles. The Bertz CT molecular complexity index is 493. The van der Waals surface area contributed by atoms with Gasteiger partial charge in [-0.3, -0.25) is 0 Å². The van der Waals surface area contributed by atoms with E-state index in [1.165, 1.54) is 0 Å². The minimum absolute atomic E-state index is 0.179. The van der Waals surface area contributed by atoms with Gasteiger partial charge in [0.15, 0.2) is 5.82 Å². The van der Waals surface area contributed by atoms with Crippen molar-refractivity contribution in [2.45, 2.75) is 6.54 Å². The maximum Gasteiger partial charge on any atom is 0.154 e. The number of hydrogen-bond acceptors (Lipinski definition) is 1. The van der Waals surface area contributed by atoms with E-state index in [1.54, 1.807) is 6.20 Å². The molecule has 0 radical (unpaired) electrons. The Morgan fingerprint density at radius 2 is 2.14 bits per heavy atom. The SMILES string of the molecule is NCc1c[nH]c2cc(F)c(Cl)c(F)c12. The number of nitrogens with one attached hydrogen (secondary N) is 1. The molecule has 0 spiro atoms. The highest BCUT2D eigenvalue weighted by Crippen LogP contribution is 2.29. The molecular formula is C9H7ClF2N2. The lowest BCUT2D eigenvalue weighted by Crippen LogP contribution is -1.96. The number of fused-ring (bicyclic) bond motifs is 1. The van der Waals surface area contributed by atoms with Gasteiger partial charge in [0.25, 0.3) is 0 Å². The van der Waals surface area contributed by atoms with Gasteiger partial charge in [0.1, 0.15) is 10.8 Å². The molecule has 0 unspecified atom stereocenters. The van der Waals surface area contributed by atoms with E-state index >= 15 is 0 Å². The van der Waals surface area contributed by atoms with Crippen LogP contribution in [0.25, 0.3) is 10.9 Å². The Balaban J connectivity index is 2.88.